The molecular formula is C31H41N3O7. The van der Waals surface area contributed by atoms with Crippen molar-refractivity contribution in [3.63, 3.8) is 0 Å². The van der Waals surface area contributed by atoms with E-state index in [9.17, 15) is 19.2 Å². The van der Waals surface area contributed by atoms with Gasteiger partial charge in [-0.3, -0.25) is 19.2 Å². The van der Waals surface area contributed by atoms with Gasteiger partial charge in [0.2, 0.25) is 17.7 Å². The second-order valence-corrected chi connectivity index (χ2v) is 12.4. The van der Waals surface area contributed by atoms with Gasteiger partial charge in [0.1, 0.15) is 17.4 Å². The highest BCUT2D eigenvalue weighted by Crippen LogP contribution is 2.56. The zero-order valence-corrected chi connectivity index (χ0v) is 24.1. The first kappa shape index (κ1) is 29.3. The van der Waals surface area contributed by atoms with E-state index in [-0.39, 0.29) is 41.5 Å². The van der Waals surface area contributed by atoms with Crippen molar-refractivity contribution in [2.45, 2.75) is 82.6 Å². The molecule has 1 aromatic carbocycles. The van der Waals surface area contributed by atoms with E-state index in [4.69, 9.17) is 19.9 Å². The third kappa shape index (κ3) is 6.18. The number of ether oxygens (including phenoxy) is 3. The molecule has 0 bridgehead atoms. The predicted molar refractivity (Wildman–Crippen MR) is 150 cm³/mol. The zero-order valence-electron chi connectivity index (χ0n) is 24.1. The summed E-state index contributed by atoms with van der Waals surface area (Å²) in [6.45, 7) is 4.36. The zero-order chi connectivity index (χ0) is 29.4. The number of hydrogen-bond donors (Lipinski definition) is 3. The Morgan fingerprint density at radius 2 is 1.73 bits per heavy atom. The van der Waals surface area contributed by atoms with Gasteiger partial charge in [-0.15, -0.1) is 0 Å². The van der Waals surface area contributed by atoms with Gasteiger partial charge in [-0.25, -0.2) is 0 Å². The second kappa shape index (κ2) is 11.6. The fourth-order valence-electron chi connectivity index (χ4n) is 6.50. The van der Waals surface area contributed by atoms with Gasteiger partial charge in [0.25, 0.3) is 0 Å². The minimum Gasteiger partial charge on any atom is -0.497 e. The first-order chi connectivity index (χ1) is 19.5. The van der Waals surface area contributed by atoms with Gasteiger partial charge in [0.05, 0.1) is 38.4 Å². The van der Waals surface area contributed by atoms with Gasteiger partial charge in [-0.1, -0.05) is 30.7 Å². The maximum Gasteiger partial charge on any atom is 0.243 e. The molecule has 10 heteroatoms. The second-order valence-electron chi connectivity index (χ2n) is 12.4. The number of hydrogen-bond acceptors (Lipinski definition) is 7. The lowest BCUT2D eigenvalue weighted by atomic mass is 9.54. The van der Waals surface area contributed by atoms with Crippen LogP contribution in [0, 0.1) is 17.3 Å². The molecule has 3 amide bonds. The van der Waals surface area contributed by atoms with Gasteiger partial charge in [0.15, 0.2) is 5.78 Å². The number of carbonyl (C=O) groups excluding carboxylic acids is 4. The summed E-state index contributed by atoms with van der Waals surface area (Å²) in [5.74, 6) is -1.26. The monoisotopic (exact) mass is 567 g/mol. The van der Waals surface area contributed by atoms with Crippen LogP contribution in [0.4, 0.5) is 0 Å². The van der Waals surface area contributed by atoms with Crippen LogP contribution in [0.3, 0.4) is 0 Å². The van der Waals surface area contributed by atoms with E-state index in [2.05, 4.69) is 16.7 Å². The predicted octanol–water partition coefficient (Wildman–Crippen LogP) is 1.98. The number of nitrogens with two attached hydrogens (primary N) is 1. The summed E-state index contributed by atoms with van der Waals surface area (Å²) in [5, 5.41) is 5.90. The van der Waals surface area contributed by atoms with Crippen LogP contribution >= 0.6 is 0 Å². The highest BCUT2D eigenvalue weighted by molar-refractivity contribution is 5.98. The highest BCUT2D eigenvalue weighted by Gasteiger charge is 2.60. The van der Waals surface area contributed by atoms with Gasteiger partial charge in [0, 0.05) is 17.8 Å². The molecule has 5 rings (SSSR count). The molecule has 2 aliphatic carbocycles. The van der Waals surface area contributed by atoms with Crippen molar-refractivity contribution < 1.29 is 33.4 Å². The fraction of sp³-hybridized carbons (Fsp3) is 0.613. The Morgan fingerprint density at radius 1 is 1.05 bits per heavy atom. The Balaban J connectivity index is 1.30. The highest BCUT2D eigenvalue weighted by atomic mass is 16.6. The van der Waals surface area contributed by atoms with Crippen LogP contribution in [0.15, 0.2) is 35.9 Å². The molecule has 1 unspecified atom stereocenters. The van der Waals surface area contributed by atoms with Crippen molar-refractivity contribution in [2.75, 3.05) is 20.3 Å². The van der Waals surface area contributed by atoms with Gasteiger partial charge >= 0.3 is 0 Å². The molecule has 0 radical (unpaired) electrons. The average molecular weight is 568 g/mol. The lowest BCUT2D eigenvalue weighted by Gasteiger charge is -2.59. The Kier molecular flexibility index (Phi) is 8.25. The quantitative estimate of drug-likeness (QED) is 0.244. The Morgan fingerprint density at radius 3 is 2.27 bits per heavy atom. The van der Waals surface area contributed by atoms with Crippen molar-refractivity contribution >= 4 is 23.5 Å². The molecule has 4 N–H and O–H groups in total. The van der Waals surface area contributed by atoms with Crippen molar-refractivity contribution in [3.8, 4) is 5.75 Å². The van der Waals surface area contributed by atoms with Crippen LogP contribution in [0.25, 0.3) is 0 Å². The van der Waals surface area contributed by atoms with E-state index in [0.29, 0.717) is 38.2 Å². The molecule has 2 saturated heterocycles. The van der Waals surface area contributed by atoms with E-state index >= 15 is 0 Å². The summed E-state index contributed by atoms with van der Waals surface area (Å²) in [6, 6.07) is 5.64. The van der Waals surface area contributed by atoms with Crippen LogP contribution in [0.1, 0.15) is 57.9 Å². The molecule has 41 heavy (non-hydrogen) atoms. The largest absolute Gasteiger partial charge is 0.497 e. The summed E-state index contributed by atoms with van der Waals surface area (Å²) in [7, 11) is 1.58. The van der Waals surface area contributed by atoms with Crippen molar-refractivity contribution in [2.24, 2.45) is 23.0 Å². The number of ketones is 1. The van der Waals surface area contributed by atoms with Crippen molar-refractivity contribution in [1.29, 1.82) is 0 Å². The van der Waals surface area contributed by atoms with Gasteiger partial charge in [-0.05, 0) is 63.1 Å². The molecule has 2 heterocycles. The van der Waals surface area contributed by atoms with Crippen LogP contribution in [0.2, 0.25) is 0 Å². The molecule has 10 nitrogen and oxygen atoms in total. The number of rotatable bonds is 13. The summed E-state index contributed by atoms with van der Waals surface area (Å²) >= 11 is 0. The SMILES string of the molecule is COc1ccc(C[C@H](NC(=O)[C@H](C)C2OCC23CC(C(N)=O)C3)C(=O)N[C@@H](CC2=CCCC2)C(=O)[C@@]2(C)CO2)cc1. The minimum absolute atomic E-state index is 0.152. The Bertz CT molecular complexity index is 1220. The molecule has 2 aliphatic heterocycles. The molecule has 1 saturated carbocycles. The standard InChI is InChI=1S/C31H41N3O7/c1-18(26-31(17-40-26)14-21(15-31)27(32)36)28(37)34-24(13-20-8-10-22(39-3)11-9-20)29(38)33-23(12-19-6-4-5-7-19)25(35)30(2)16-41-30/h6,8-11,18,21,23-24,26H,4-5,7,12-17H2,1-3H3,(H2,32,36)(H,33,38)(H,34,37)/t18-,21?,23+,24+,26?,30-,31?/m1/s1. The van der Waals surface area contributed by atoms with Crippen LogP contribution in [0.5, 0.6) is 5.75 Å². The number of amides is 3. The first-order valence-electron chi connectivity index (χ1n) is 14.5. The number of epoxide rings is 1. The topological polar surface area (TPSA) is 149 Å². The smallest absolute Gasteiger partial charge is 0.243 e. The molecule has 222 valence electrons. The van der Waals surface area contributed by atoms with E-state index in [1.165, 1.54) is 0 Å². The number of primary amides is 1. The normalized spacial score (nSPS) is 30.2. The molecule has 5 atom stereocenters. The third-order valence-electron chi connectivity index (χ3n) is 9.29. The summed E-state index contributed by atoms with van der Waals surface area (Å²) < 4.78 is 16.5. The molecule has 1 spiro atoms. The molecule has 1 aromatic rings. The first-order valence-corrected chi connectivity index (χ1v) is 14.5. The molecule has 3 fully saturated rings. The number of nitrogens with one attached hydrogen (secondary N) is 2. The Labute approximate surface area is 240 Å². The van der Waals surface area contributed by atoms with Gasteiger partial charge < -0.3 is 30.6 Å². The summed E-state index contributed by atoms with van der Waals surface area (Å²) in [6.07, 6.45) is 6.59. The van der Waals surface area contributed by atoms with Crippen LogP contribution in [-0.2, 0) is 35.1 Å². The fourth-order valence-corrected chi connectivity index (χ4v) is 6.50. The number of benzene rings is 1. The van der Waals surface area contributed by atoms with E-state index < -0.39 is 29.5 Å². The number of allylic oxidation sites excluding steroid dienone is 1. The lowest BCUT2D eigenvalue weighted by molar-refractivity contribution is -0.253. The molecule has 0 aromatic heterocycles. The van der Waals surface area contributed by atoms with E-state index in [1.807, 2.05) is 12.1 Å². The minimum atomic E-state index is -0.921. The summed E-state index contributed by atoms with van der Waals surface area (Å²) in [4.78, 5) is 52.2. The average Bonchev–Trinajstić information content (AvgIpc) is 3.44. The summed E-state index contributed by atoms with van der Waals surface area (Å²) in [5.41, 5.74) is 6.34. The number of Topliss-reactive ketones (excluding diaryl/α,β-unsaturated/α-hetero) is 1. The van der Waals surface area contributed by atoms with Gasteiger partial charge in [-0.2, -0.15) is 0 Å². The third-order valence-corrected chi connectivity index (χ3v) is 9.29. The van der Waals surface area contributed by atoms with E-state index in [0.717, 1.165) is 30.4 Å². The number of methoxy groups -OCH3 is 1. The molecular weight excluding hydrogens is 526 g/mol. The maximum atomic E-state index is 13.8. The van der Waals surface area contributed by atoms with Crippen LogP contribution in [-0.4, -0.2) is 67.6 Å². The number of carbonyl (C=O) groups is 4. The molecule has 4 aliphatic rings. The lowest BCUT2D eigenvalue weighted by Crippen LogP contribution is -2.65. The van der Waals surface area contributed by atoms with E-state index in [1.54, 1.807) is 33.1 Å². The van der Waals surface area contributed by atoms with Crippen LogP contribution < -0.4 is 21.1 Å². The Hall–Kier alpha value is -3.24. The van der Waals surface area contributed by atoms with Crippen molar-refractivity contribution in [3.05, 3.63) is 41.5 Å². The maximum absolute atomic E-state index is 13.8. The van der Waals surface area contributed by atoms with Crippen molar-refractivity contribution in [1.82, 2.24) is 10.6 Å².